The van der Waals surface area contributed by atoms with Crippen LogP contribution < -0.4 is 0 Å². The highest BCUT2D eigenvalue weighted by Crippen LogP contribution is 2.03. The molecule has 0 aliphatic rings. The van der Waals surface area contributed by atoms with Gasteiger partial charge in [-0.1, -0.05) is 0 Å². The van der Waals surface area contributed by atoms with Gasteiger partial charge in [0.25, 0.3) is 0 Å². The van der Waals surface area contributed by atoms with Gasteiger partial charge in [-0.15, -0.1) is 0 Å². The van der Waals surface area contributed by atoms with Gasteiger partial charge in [0.15, 0.2) is 0 Å². The molecule has 0 fully saturated rings. The molecular weight excluding hydrogens is 132 g/mol. The summed E-state index contributed by atoms with van der Waals surface area (Å²) in [4.78, 5) is 9.91. The van der Waals surface area contributed by atoms with Crippen LogP contribution in [0.5, 0.6) is 0 Å². The van der Waals surface area contributed by atoms with Gasteiger partial charge in [-0.2, -0.15) is 0 Å². The summed E-state index contributed by atoms with van der Waals surface area (Å²) in [6.45, 7) is 0.631. The van der Waals surface area contributed by atoms with E-state index in [1.165, 1.54) is 0 Å². The Bertz CT molecular complexity index is 82.9. The molecule has 10 heavy (non-hydrogen) atoms. The molecule has 0 aromatic rings. The van der Waals surface area contributed by atoms with Crippen LogP contribution in [0.25, 0.3) is 0 Å². The lowest BCUT2D eigenvalue weighted by molar-refractivity contribution is -0.108. The van der Waals surface area contributed by atoms with Crippen LogP contribution in [0.4, 0.5) is 0 Å². The average molecular weight is 146 g/mol. The molecule has 1 atom stereocenters. The molecule has 1 unspecified atom stereocenters. The van der Waals surface area contributed by atoms with Crippen molar-refractivity contribution in [2.75, 3.05) is 20.3 Å². The maximum Gasteiger partial charge on any atom is 0.120 e. The standard InChI is InChI=1S/C7H14O3/c1-10-6-7(5-9)3-2-4-8/h4,7,9H,2-3,5-6H2,1H3. The Morgan fingerprint density at radius 2 is 2.40 bits per heavy atom. The predicted octanol–water partition coefficient (Wildman–Crippen LogP) is 0.220. The number of carbonyl (C=O) groups is 1. The fraction of sp³-hybridized carbons (Fsp3) is 0.857. The minimum absolute atomic E-state index is 0.0989. The molecule has 3 heteroatoms. The number of methoxy groups -OCH3 is 1. The second-order valence-electron chi connectivity index (χ2n) is 2.25. The maximum atomic E-state index is 9.91. The van der Waals surface area contributed by atoms with Crippen LogP contribution in [-0.4, -0.2) is 31.7 Å². The number of hydrogen-bond donors (Lipinski definition) is 1. The van der Waals surface area contributed by atoms with Crippen molar-refractivity contribution in [3.63, 3.8) is 0 Å². The summed E-state index contributed by atoms with van der Waals surface area (Å²) >= 11 is 0. The molecule has 0 spiro atoms. The summed E-state index contributed by atoms with van der Waals surface area (Å²) in [5, 5.41) is 8.69. The van der Waals surface area contributed by atoms with Crippen LogP contribution in [-0.2, 0) is 9.53 Å². The molecular formula is C7H14O3. The lowest BCUT2D eigenvalue weighted by atomic mass is 10.1. The van der Waals surface area contributed by atoms with Crippen LogP contribution in [0.1, 0.15) is 12.8 Å². The second kappa shape index (κ2) is 6.71. The maximum absolute atomic E-state index is 9.91. The number of aliphatic hydroxyl groups is 1. The Morgan fingerprint density at radius 3 is 2.80 bits per heavy atom. The molecule has 0 saturated carbocycles. The first-order valence-electron chi connectivity index (χ1n) is 3.38. The van der Waals surface area contributed by atoms with E-state index >= 15 is 0 Å². The third-order valence-electron chi connectivity index (χ3n) is 1.35. The van der Waals surface area contributed by atoms with Gasteiger partial charge >= 0.3 is 0 Å². The van der Waals surface area contributed by atoms with Crippen molar-refractivity contribution in [2.45, 2.75) is 12.8 Å². The second-order valence-corrected chi connectivity index (χ2v) is 2.25. The van der Waals surface area contributed by atoms with Crippen LogP contribution in [0.3, 0.4) is 0 Å². The van der Waals surface area contributed by atoms with Crippen LogP contribution in [0.2, 0.25) is 0 Å². The minimum atomic E-state index is 0.0989. The molecule has 0 radical (unpaired) electrons. The molecule has 0 aromatic heterocycles. The van der Waals surface area contributed by atoms with Crippen molar-refractivity contribution in [1.82, 2.24) is 0 Å². The number of hydrogen-bond acceptors (Lipinski definition) is 3. The molecule has 0 aliphatic carbocycles. The molecule has 0 saturated heterocycles. The van der Waals surface area contributed by atoms with Crippen molar-refractivity contribution >= 4 is 6.29 Å². The van der Waals surface area contributed by atoms with E-state index in [0.717, 1.165) is 6.29 Å². The number of ether oxygens (including phenoxy) is 1. The van der Waals surface area contributed by atoms with Crippen LogP contribution in [0.15, 0.2) is 0 Å². The van der Waals surface area contributed by atoms with Crippen molar-refractivity contribution < 1.29 is 14.6 Å². The molecule has 0 rings (SSSR count). The van der Waals surface area contributed by atoms with E-state index in [-0.39, 0.29) is 12.5 Å². The van der Waals surface area contributed by atoms with Gasteiger partial charge in [0.2, 0.25) is 0 Å². The van der Waals surface area contributed by atoms with E-state index in [1.807, 2.05) is 0 Å². The monoisotopic (exact) mass is 146 g/mol. The topological polar surface area (TPSA) is 46.5 Å². The molecule has 60 valence electrons. The van der Waals surface area contributed by atoms with Gasteiger partial charge in [-0.25, -0.2) is 0 Å². The van der Waals surface area contributed by atoms with Gasteiger partial charge in [-0.3, -0.25) is 0 Å². The normalized spacial score (nSPS) is 13.0. The predicted molar refractivity (Wildman–Crippen MR) is 37.7 cm³/mol. The van der Waals surface area contributed by atoms with E-state index in [4.69, 9.17) is 9.84 Å². The fourth-order valence-corrected chi connectivity index (χ4v) is 0.767. The zero-order chi connectivity index (χ0) is 7.82. The summed E-state index contributed by atoms with van der Waals surface area (Å²) in [6.07, 6.45) is 2.08. The van der Waals surface area contributed by atoms with Crippen molar-refractivity contribution in [1.29, 1.82) is 0 Å². The van der Waals surface area contributed by atoms with Gasteiger partial charge < -0.3 is 14.6 Å². The summed E-state index contributed by atoms with van der Waals surface area (Å²) in [7, 11) is 1.59. The number of aliphatic hydroxyl groups excluding tert-OH is 1. The first-order chi connectivity index (χ1) is 4.85. The van der Waals surface area contributed by atoms with E-state index in [2.05, 4.69) is 0 Å². The largest absolute Gasteiger partial charge is 0.396 e. The zero-order valence-electron chi connectivity index (χ0n) is 6.25. The van der Waals surface area contributed by atoms with Gasteiger partial charge in [0.05, 0.1) is 6.61 Å². The van der Waals surface area contributed by atoms with E-state index in [1.54, 1.807) is 7.11 Å². The zero-order valence-corrected chi connectivity index (χ0v) is 6.25. The Balaban J connectivity index is 3.29. The highest BCUT2D eigenvalue weighted by Gasteiger charge is 2.04. The van der Waals surface area contributed by atoms with Gasteiger partial charge in [0.1, 0.15) is 6.29 Å². The smallest absolute Gasteiger partial charge is 0.120 e. The average Bonchev–Trinajstić information content (AvgIpc) is 1.98. The molecule has 0 aromatic carbocycles. The number of rotatable bonds is 6. The van der Waals surface area contributed by atoms with Crippen molar-refractivity contribution in [3.8, 4) is 0 Å². The first-order valence-corrected chi connectivity index (χ1v) is 3.38. The number of aldehydes is 1. The Morgan fingerprint density at radius 1 is 1.70 bits per heavy atom. The lowest BCUT2D eigenvalue weighted by Crippen LogP contribution is -2.12. The summed E-state index contributed by atoms with van der Waals surface area (Å²) in [6, 6.07) is 0. The third-order valence-corrected chi connectivity index (χ3v) is 1.35. The van der Waals surface area contributed by atoms with Gasteiger partial charge in [-0.05, 0) is 6.42 Å². The SMILES string of the molecule is COCC(CO)CCC=O. The summed E-state index contributed by atoms with van der Waals surface area (Å²) in [5.74, 6) is 0.121. The molecule has 0 aliphatic heterocycles. The van der Waals surface area contributed by atoms with E-state index < -0.39 is 0 Å². The highest BCUT2D eigenvalue weighted by atomic mass is 16.5. The highest BCUT2D eigenvalue weighted by molar-refractivity contribution is 5.49. The third kappa shape index (κ3) is 4.47. The Hall–Kier alpha value is -0.410. The number of carbonyl (C=O) groups excluding carboxylic acids is 1. The van der Waals surface area contributed by atoms with Gasteiger partial charge in [0, 0.05) is 26.1 Å². The Kier molecular flexibility index (Phi) is 6.43. The minimum Gasteiger partial charge on any atom is -0.396 e. The van der Waals surface area contributed by atoms with E-state index in [9.17, 15) is 4.79 Å². The summed E-state index contributed by atoms with van der Waals surface area (Å²) in [5.41, 5.74) is 0. The molecule has 3 nitrogen and oxygen atoms in total. The molecule has 0 amide bonds. The summed E-state index contributed by atoms with van der Waals surface area (Å²) < 4.78 is 4.82. The molecule has 1 N–H and O–H groups in total. The van der Waals surface area contributed by atoms with E-state index in [0.29, 0.717) is 19.4 Å². The molecule has 0 heterocycles. The molecule has 0 bridgehead atoms. The van der Waals surface area contributed by atoms with Crippen molar-refractivity contribution in [2.24, 2.45) is 5.92 Å². The fourth-order valence-electron chi connectivity index (χ4n) is 0.767. The lowest BCUT2D eigenvalue weighted by Gasteiger charge is -2.09. The van der Waals surface area contributed by atoms with Crippen LogP contribution in [0, 0.1) is 5.92 Å². The van der Waals surface area contributed by atoms with Crippen LogP contribution >= 0.6 is 0 Å². The first kappa shape index (κ1) is 9.59. The quantitative estimate of drug-likeness (QED) is 0.545. The van der Waals surface area contributed by atoms with Crippen molar-refractivity contribution in [3.05, 3.63) is 0 Å². The Labute approximate surface area is 61.0 Å².